The number of alkyl halides is 1. The molecular formula is C73H108BrClN10O23. The van der Waals surface area contributed by atoms with Crippen molar-refractivity contribution >= 4 is 98.5 Å². The minimum atomic E-state index is -1.90. The summed E-state index contributed by atoms with van der Waals surface area (Å²) in [6.07, 6.45) is -1.46. The van der Waals surface area contributed by atoms with Crippen LogP contribution in [0.2, 0.25) is 5.02 Å². The Bertz CT molecular complexity index is 3370. The van der Waals surface area contributed by atoms with Crippen LogP contribution in [-0.2, 0) is 98.7 Å². The summed E-state index contributed by atoms with van der Waals surface area (Å²) in [5, 5.41) is 28.3. The molecule has 3 heterocycles. The highest BCUT2D eigenvalue weighted by molar-refractivity contribution is 9.09. The van der Waals surface area contributed by atoms with Gasteiger partial charge in [-0.25, -0.2) is 19.2 Å². The van der Waals surface area contributed by atoms with E-state index in [2.05, 4.69) is 54.4 Å². The Balaban J connectivity index is 1.05. The first-order valence-corrected chi connectivity index (χ1v) is 37.2. The van der Waals surface area contributed by atoms with Crippen LogP contribution in [0.1, 0.15) is 84.3 Å². The molecule has 0 spiro atoms. The number of halogens is 2. The van der Waals surface area contributed by atoms with E-state index in [-0.39, 0.29) is 82.6 Å². The number of ether oxygens (including phenoxy) is 12. The molecule has 0 unspecified atom stereocenters. The van der Waals surface area contributed by atoms with Crippen LogP contribution in [0.15, 0.2) is 72.4 Å². The number of fused-ring (bicyclic) bond motifs is 5. The van der Waals surface area contributed by atoms with Crippen molar-refractivity contribution in [3.05, 3.63) is 88.5 Å². The van der Waals surface area contributed by atoms with E-state index in [1.54, 1.807) is 69.3 Å². The van der Waals surface area contributed by atoms with Crippen molar-refractivity contribution in [3.8, 4) is 5.75 Å². The van der Waals surface area contributed by atoms with E-state index in [4.69, 9.17) is 74.2 Å². The number of amides is 10. The number of primary amides is 1. The van der Waals surface area contributed by atoms with Crippen molar-refractivity contribution in [1.29, 1.82) is 0 Å². The molecule has 10 atom stereocenters. The molecule has 33 nitrogen and oxygen atoms in total. The molecular weight excluding hydrogens is 1500 g/mol. The Labute approximate surface area is 644 Å². The summed E-state index contributed by atoms with van der Waals surface area (Å²) in [5.41, 5.74) is 6.58. The Kier molecular flexibility index (Phi) is 39.5. The Morgan fingerprint density at radius 3 is 2.06 bits per heavy atom. The molecule has 5 rings (SSSR count). The standard InChI is InChI=1S/C73H108BrClN10O23/c1-45(2)63(81-59(86)22-26-99-28-30-101-32-34-103-36-37-104-35-33-102-31-29-100-27-24-77-66(89)47(4)43-74)68(91)80-53(15-13-23-78-70(76)93)67(90)79-52-19-17-50(18-20-52)44-105-72(95)83(7)25-21-60(87)84(8)49(6)69(92)106-56-41-61(88)85(9)54-39-51(40-55(97-10)62(54)75)38-46(3)14-12-16-58(98-11)73(96)42-57(107-71(94)82-73)48(5)64-65(56)108-64/h12,14,16-20,39-40,45,48-49,53,56-58,63-65,96H,4,13,15,21-38,41-44H2,1-3,5-11H3,(H,77,89)(H,79,90)(H,80,91)(H,81,86)(H,82,94)(H3,76,78,93)/b16-12+,46-14+/t48-,49+,53+,56-,57+,58-,63+,64+,65+,73+/m1/s1. The van der Waals surface area contributed by atoms with Crippen LogP contribution in [0, 0.1) is 11.8 Å². The van der Waals surface area contributed by atoms with E-state index in [9.17, 15) is 53.1 Å². The molecule has 108 heavy (non-hydrogen) atoms. The largest absolute Gasteiger partial charge is 0.495 e. The van der Waals surface area contributed by atoms with Gasteiger partial charge in [-0.1, -0.05) is 90.8 Å². The number of nitrogens with zero attached hydrogens (tertiary/aromatic N) is 3. The van der Waals surface area contributed by atoms with Gasteiger partial charge in [-0.15, -0.1) is 0 Å². The topological polar surface area (TPSA) is 413 Å². The predicted molar refractivity (Wildman–Crippen MR) is 400 cm³/mol. The summed E-state index contributed by atoms with van der Waals surface area (Å²) in [5.74, 6) is -4.52. The number of aliphatic hydroxyl groups is 1. The van der Waals surface area contributed by atoms with Crippen LogP contribution in [-0.4, -0.2) is 269 Å². The molecule has 2 fully saturated rings. The molecule has 0 saturated carbocycles. The number of benzene rings is 2. The normalized spacial score (nSPS) is 20.8. The van der Waals surface area contributed by atoms with E-state index in [1.165, 1.54) is 52.1 Å². The van der Waals surface area contributed by atoms with Crippen molar-refractivity contribution in [2.24, 2.45) is 17.6 Å². The second-order valence-electron chi connectivity index (χ2n) is 26.4. The van der Waals surface area contributed by atoms with Gasteiger partial charge in [0.15, 0.2) is 5.72 Å². The number of epoxide rings is 1. The van der Waals surface area contributed by atoms with Crippen LogP contribution < -0.4 is 47.3 Å². The number of rotatable bonds is 43. The minimum absolute atomic E-state index is 0.0489. The van der Waals surface area contributed by atoms with Gasteiger partial charge in [0, 0.05) is 89.7 Å². The Morgan fingerprint density at radius 2 is 1.46 bits per heavy atom. The lowest BCUT2D eigenvalue weighted by atomic mass is 9.87. The van der Waals surface area contributed by atoms with Crippen molar-refractivity contribution < 1.29 is 110 Å². The fourth-order valence-corrected chi connectivity index (χ4v) is 11.7. The lowest BCUT2D eigenvalue weighted by Crippen LogP contribution is -2.63. The second kappa shape index (κ2) is 47.1. The monoisotopic (exact) mass is 1610 g/mol. The maximum atomic E-state index is 14.3. The van der Waals surface area contributed by atoms with Crippen molar-refractivity contribution in [1.82, 2.24) is 36.4 Å². The lowest BCUT2D eigenvalue weighted by Gasteiger charge is -2.41. The van der Waals surface area contributed by atoms with Gasteiger partial charge in [-0.2, -0.15) is 0 Å². The molecule has 2 aromatic carbocycles. The molecule has 0 radical (unpaired) electrons. The fraction of sp³-hybridized carbons (Fsp3) is 0.616. The highest BCUT2D eigenvalue weighted by Crippen LogP contribution is 2.42. The van der Waals surface area contributed by atoms with Crippen LogP contribution in [0.4, 0.5) is 25.8 Å². The Morgan fingerprint density at radius 1 is 0.843 bits per heavy atom. The zero-order chi connectivity index (χ0) is 79.5. The third kappa shape index (κ3) is 30.8. The van der Waals surface area contributed by atoms with Crippen molar-refractivity contribution in [3.63, 3.8) is 0 Å². The quantitative estimate of drug-likeness (QED) is 0.0114. The zero-order valence-corrected chi connectivity index (χ0v) is 65.6. The summed E-state index contributed by atoms with van der Waals surface area (Å²) in [7, 11) is 7.19. The molecule has 9 N–H and O–H groups in total. The predicted octanol–water partition coefficient (Wildman–Crippen LogP) is 4.35. The number of carbonyl (C=O) groups excluding carboxylic acids is 10. The van der Waals surface area contributed by atoms with Gasteiger partial charge in [-0.05, 0) is 74.4 Å². The number of nitrogens with two attached hydrogens (primary N) is 1. The Hall–Kier alpha value is -8.03. The smallest absolute Gasteiger partial charge is 0.409 e. The molecule has 4 bridgehead atoms. The average Bonchev–Trinajstić information content (AvgIpc) is 1.59. The van der Waals surface area contributed by atoms with Gasteiger partial charge in [0.05, 0.1) is 105 Å². The summed E-state index contributed by atoms with van der Waals surface area (Å²) in [4.78, 5) is 136. The lowest BCUT2D eigenvalue weighted by molar-refractivity contribution is -0.160. The third-order valence-corrected chi connectivity index (χ3v) is 18.8. The number of anilines is 2. The number of hydrogen-bond donors (Lipinski definition) is 8. The van der Waals surface area contributed by atoms with Crippen LogP contribution in [0.25, 0.3) is 0 Å². The maximum absolute atomic E-state index is 14.3. The zero-order valence-electron chi connectivity index (χ0n) is 63.3. The highest BCUT2D eigenvalue weighted by Gasteiger charge is 2.56. The number of allylic oxidation sites excluding steroid dienone is 3. The van der Waals surface area contributed by atoms with E-state index in [1.807, 2.05) is 13.0 Å². The first kappa shape index (κ1) is 90.6. The van der Waals surface area contributed by atoms with Crippen LogP contribution in [0.5, 0.6) is 5.75 Å². The van der Waals surface area contributed by atoms with Gasteiger partial charge < -0.3 is 109 Å². The van der Waals surface area contributed by atoms with Crippen LogP contribution >= 0.6 is 27.5 Å². The number of esters is 1. The average molecular weight is 1610 g/mol. The first-order chi connectivity index (χ1) is 51.5. The molecule has 10 amide bonds. The van der Waals surface area contributed by atoms with Gasteiger partial charge in [0.25, 0.3) is 0 Å². The number of likely N-dealkylation sites (N-methyl/N-ethyl adjacent to an activating group) is 1. The van der Waals surface area contributed by atoms with Crippen LogP contribution in [0.3, 0.4) is 0 Å². The van der Waals surface area contributed by atoms with Gasteiger partial charge in [-0.3, -0.25) is 34.1 Å². The number of methoxy groups -OCH3 is 2. The summed E-state index contributed by atoms with van der Waals surface area (Å²) in [6, 6.07) is 5.69. The number of urea groups is 1. The number of alkyl carbamates (subject to hydrolysis) is 1. The molecule has 35 heteroatoms. The van der Waals surface area contributed by atoms with E-state index in [0.29, 0.717) is 106 Å². The van der Waals surface area contributed by atoms with Gasteiger partial charge in [0.2, 0.25) is 35.4 Å². The van der Waals surface area contributed by atoms with E-state index < -0.39 is 126 Å². The molecule has 0 aromatic heterocycles. The molecule has 3 aliphatic rings. The summed E-state index contributed by atoms with van der Waals surface area (Å²) >= 11 is 10.0. The van der Waals surface area contributed by atoms with Crippen molar-refractivity contribution in [2.75, 3.05) is 150 Å². The second-order valence-corrected chi connectivity index (χ2v) is 27.3. The molecule has 602 valence electrons. The summed E-state index contributed by atoms with van der Waals surface area (Å²) in [6.45, 7) is 16.2. The first-order valence-electron chi connectivity index (χ1n) is 35.7. The SMILES string of the molecule is C=C(CBr)C(=O)NCCOCCOCCOCCOCCOCCOCCC(=O)N[C@H](C(=O)N[C@@H](CCCNC(N)=O)C(=O)Nc1ccc(COC(=O)N(C)CCC(=O)N(C)[C@@H](C)C(=O)O[C@@H]2CC(=O)N(C)c3cc(cc(OC)c3Cl)C/C(C)=C/C=C/[C@@H](OC)[C@@]3(O)C[C@H](OC(=O)N3)[C@@H](C)[C@@H]3O[C@H]32)cc1)C(C)C. The number of nitrogens with one attached hydrogen (secondary N) is 6. The molecule has 2 saturated heterocycles. The summed E-state index contributed by atoms with van der Waals surface area (Å²) < 4.78 is 67.7. The molecule has 3 aliphatic heterocycles. The maximum Gasteiger partial charge on any atom is 0.409 e. The van der Waals surface area contributed by atoms with E-state index >= 15 is 0 Å². The fourth-order valence-electron chi connectivity index (χ4n) is 11.2. The number of carbonyl (C=O) groups is 10. The van der Waals surface area contributed by atoms with Gasteiger partial charge >= 0.3 is 24.2 Å². The van der Waals surface area contributed by atoms with Crippen molar-refractivity contribution in [2.45, 2.75) is 141 Å². The highest BCUT2D eigenvalue weighted by atomic mass is 79.9. The molecule has 0 aliphatic carbocycles. The number of hydrogen-bond acceptors (Lipinski definition) is 23. The van der Waals surface area contributed by atoms with Gasteiger partial charge in [0.1, 0.15) is 59.9 Å². The van der Waals surface area contributed by atoms with E-state index in [0.717, 1.165) is 16.0 Å². The molecule has 2 aromatic rings. The minimum Gasteiger partial charge on any atom is -0.495 e. The third-order valence-electron chi connectivity index (χ3n) is 17.8.